The number of nitrogens with one attached hydrogen (secondary N) is 2. The van der Waals surface area contributed by atoms with E-state index in [1.54, 1.807) is 37.4 Å². The van der Waals surface area contributed by atoms with Crippen molar-refractivity contribution in [3.8, 4) is 0 Å². The van der Waals surface area contributed by atoms with Gasteiger partial charge in [0.05, 0.1) is 11.3 Å². The first kappa shape index (κ1) is 25.3. The lowest BCUT2D eigenvalue weighted by molar-refractivity contribution is -0.130. The number of anilines is 2. The van der Waals surface area contributed by atoms with Crippen LogP contribution in [0.5, 0.6) is 0 Å². The third-order valence-electron chi connectivity index (χ3n) is 6.33. The molecule has 1 fully saturated rings. The van der Waals surface area contributed by atoms with E-state index in [-0.39, 0.29) is 11.9 Å². The summed E-state index contributed by atoms with van der Waals surface area (Å²) in [4.78, 5) is 40.0. The van der Waals surface area contributed by atoms with Crippen molar-refractivity contribution in [1.29, 1.82) is 0 Å². The number of esters is 1. The van der Waals surface area contributed by atoms with Crippen molar-refractivity contribution in [3.63, 3.8) is 0 Å². The van der Waals surface area contributed by atoms with Crippen LogP contribution >= 0.6 is 0 Å². The molecule has 9 nitrogen and oxygen atoms in total. The molecule has 0 aliphatic carbocycles. The number of likely N-dealkylation sites (tertiary alicyclic amines) is 1. The summed E-state index contributed by atoms with van der Waals surface area (Å²) >= 11 is 0. The van der Waals surface area contributed by atoms with Crippen molar-refractivity contribution in [2.45, 2.75) is 52.7 Å². The lowest BCUT2D eigenvalue weighted by Gasteiger charge is -2.31. The van der Waals surface area contributed by atoms with Crippen molar-refractivity contribution in [2.75, 3.05) is 30.3 Å². The van der Waals surface area contributed by atoms with Gasteiger partial charge in [0.25, 0.3) is 0 Å². The Balaban J connectivity index is 1.50. The quantitative estimate of drug-likeness (QED) is 0.446. The fraction of sp³-hybridized carbons (Fsp3) is 0.444. The van der Waals surface area contributed by atoms with Crippen molar-refractivity contribution < 1.29 is 14.3 Å². The highest BCUT2D eigenvalue weighted by Gasteiger charge is 2.21. The molecule has 36 heavy (non-hydrogen) atoms. The first-order valence-corrected chi connectivity index (χ1v) is 12.5. The largest absolute Gasteiger partial charge is 0.453 e. The molecule has 4 rings (SSSR count). The average molecular weight is 491 g/mol. The Morgan fingerprint density at radius 2 is 1.83 bits per heavy atom. The minimum absolute atomic E-state index is 0.135. The number of ether oxygens (including phenoxy) is 1. The molecule has 1 aliphatic heterocycles. The fourth-order valence-corrected chi connectivity index (χ4v) is 4.28. The van der Waals surface area contributed by atoms with Crippen LogP contribution < -0.4 is 10.6 Å². The van der Waals surface area contributed by atoms with Crippen LogP contribution in [0.2, 0.25) is 0 Å². The van der Waals surface area contributed by atoms with Crippen LogP contribution in [-0.2, 0) is 9.53 Å². The summed E-state index contributed by atoms with van der Waals surface area (Å²) in [7, 11) is 0. The summed E-state index contributed by atoms with van der Waals surface area (Å²) in [5, 5.41) is 7.54. The lowest BCUT2D eigenvalue weighted by atomic mass is 9.97. The molecule has 190 valence electrons. The maximum absolute atomic E-state index is 12.5. The highest BCUT2D eigenvalue weighted by molar-refractivity contribution is 5.90. The second-order valence-electron chi connectivity index (χ2n) is 9.57. The van der Waals surface area contributed by atoms with Gasteiger partial charge in [-0.1, -0.05) is 18.2 Å². The molecule has 0 saturated carbocycles. The summed E-state index contributed by atoms with van der Waals surface area (Å²) in [5.41, 5.74) is 1.83. The van der Waals surface area contributed by atoms with Gasteiger partial charge in [-0.2, -0.15) is 0 Å². The molecule has 1 atom stereocenters. The Kier molecular flexibility index (Phi) is 7.97. The molecule has 1 saturated heterocycles. The Morgan fingerprint density at radius 3 is 2.50 bits per heavy atom. The number of nitrogens with zero attached hydrogens (tertiary/aromatic N) is 4. The van der Waals surface area contributed by atoms with Crippen LogP contribution in [0, 0.1) is 5.92 Å². The van der Waals surface area contributed by atoms with Gasteiger partial charge in [-0.05, 0) is 57.7 Å². The van der Waals surface area contributed by atoms with Crippen LogP contribution in [0.4, 0.5) is 11.8 Å². The number of aromatic nitrogens is 3. The van der Waals surface area contributed by atoms with Gasteiger partial charge in [-0.3, -0.25) is 4.79 Å². The Hall–Kier alpha value is -3.75. The summed E-state index contributed by atoms with van der Waals surface area (Å²) in [5.74, 6) is 1.38. The van der Waals surface area contributed by atoms with Crippen LogP contribution in [0.1, 0.15) is 62.7 Å². The molecular formula is C27H34N6O3. The molecule has 2 aromatic heterocycles. The number of hydrogen-bond donors (Lipinski definition) is 2. The van der Waals surface area contributed by atoms with E-state index in [9.17, 15) is 9.59 Å². The monoisotopic (exact) mass is 490 g/mol. The number of hydrogen-bond acceptors (Lipinski definition) is 8. The molecule has 3 aromatic rings. The zero-order chi connectivity index (χ0) is 25.7. The highest BCUT2D eigenvalue weighted by atomic mass is 16.5. The topological polar surface area (TPSA) is 109 Å². The number of pyridine rings is 1. The molecular weight excluding hydrogens is 456 g/mol. The van der Waals surface area contributed by atoms with E-state index < -0.39 is 12.1 Å². The Labute approximate surface area is 211 Å². The minimum atomic E-state index is -0.548. The van der Waals surface area contributed by atoms with Crippen LogP contribution in [-0.4, -0.2) is 57.4 Å². The second kappa shape index (κ2) is 11.3. The van der Waals surface area contributed by atoms with Gasteiger partial charge < -0.3 is 20.3 Å². The van der Waals surface area contributed by atoms with Crippen molar-refractivity contribution in [3.05, 3.63) is 53.9 Å². The van der Waals surface area contributed by atoms with E-state index in [4.69, 9.17) is 14.7 Å². The Bertz CT molecular complexity index is 1210. The summed E-state index contributed by atoms with van der Waals surface area (Å²) < 4.78 is 5.68. The first-order chi connectivity index (χ1) is 17.3. The minimum Gasteiger partial charge on any atom is -0.453 e. The van der Waals surface area contributed by atoms with Gasteiger partial charge >= 0.3 is 5.97 Å². The predicted octanol–water partition coefficient (Wildman–Crippen LogP) is 4.43. The maximum atomic E-state index is 12.5. The van der Waals surface area contributed by atoms with E-state index in [0.29, 0.717) is 34.5 Å². The molecule has 1 unspecified atom stereocenters. The maximum Gasteiger partial charge on any atom is 0.338 e. The number of rotatable bonds is 8. The van der Waals surface area contributed by atoms with Gasteiger partial charge in [0, 0.05) is 44.2 Å². The molecule has 1 aromatic carbocycles. The third kappa shape index (κ3) is 6.27. The molecule has 3 heterocycles. The Morgan fingerprint density at radius 1 is 1.11 bits per heavy atom. The number of amides is 1. The zero-order valence-corrected chi connectivity index (χ0v) is 21.3. The number of piperidine rings is 1. The van der Waals surface area contributed by atoms with E-state index >= 15 is 0 Å². The van der Waals surface area contributed by atoms with E-state index in [2.05, 4.69) is 15.6 Å². The molecule has 9 heteroatoms. The number of benzene rings is 1. The second-order valence-corrected chi connectivity index (χ2v) is 9.57. The van der Waals surface area contributed by atoms with Gasteiger partial charge in [-0.25, -0.2) is 19.7 Å². The molecule has 1 amide bonds. The van der Waals surface area contributed by atoms with Crippen LogP contribution in [0.25, 0.3) is 10.9 Å². The predicted molar refractivity (Wildman–Crippen MR) is 140 cm³/mol. The molecule has 2 N–H and O–H groups in total. The SMILES string of the molecule is CC(=O)N1CCC(CNc2ncc3cc(C(C)OC(=O)c4ccccc4)nc(NC(C)C)c3n2)CC1. The summed E-state index contributed by atoms with van der Waals surface area (Å²) in [6.07, 6.45) is 3.15. The highest BCUT2D eigenvalue weighted by Crippen LogP contribution is 2.27. The smallest absolute Gasteiger partial charge is 0.338 e. The number of fused-ring (bicyclic) bond motifs is 1. The lowest BCUT2D eigenvalue weighted by Crippen LogP contribution is -2.38. The van der Waals surface area contributed by atoms with Gasteiger partial charge in [0.1, 0.15) is 11.6 Å². The molecule has 0 radical (unpaired) electrons. The third-order valence-corrected chi connectivity index (χ3v) is 6.33. The zero-order valence-electron chi connectivity index (χ0n) is 21.3. The van der Waals surface area contributed by atoms with Gasteiger partial charge in [0.15, 0.2) is 5.82 Å². The van der Waals surface area contributed by atoms with E-state index in [1.807, 2.05) is 37.8 Å². The summed E-state index contributed by atoms with van der Waals surface area (Å²) in [6.45, 7) is 9.84. The number of carbonyl (C=O) groups is 2. The normalized spacial score (nSPS) is 15.1. The number of carbonyl (C=O) groups excluding carboxylic acids is 2. The van der Waals surface area contributed by atoms with Crippen molar-refractivity contribution in [1.82, 2.24) is 19.9 Å². The molecule has 1 aliphatic rings. The standard InChI is InChI=1S/C27H34N6O3/c1-17(2)30-25-24-22(14-23(31-25)18(3)36-26(35)21-8-6-5-7-9-21)16-29-27(32-24)28-15-20-10-12-33(13-11-20)19(4)34/h5-9,14,16-18,20H,10-13,15H2,1-4H3,(H,30,31)(H,28,29,32). The average Bonchev–Trinajstić information content (AvgIpc) is 2.87. The molecule has 0 spiro atoms. The first-order valence-electron chi connectivity index (χ1n) is 12.5. The van der Waals surface area contributed by atoms with Gasteiger partial charge in [-0.15, -0.1) is 0 Å². The van der Waals surface area contributed by atoms with E-state index in [1.165, 1.54) is 0 Å². The van der Waals surface area contributed by atoms with Crippen molar-refractivity contribution >= 4 is 34.5 Å². The summed E-state index contributed by atoms with van der Waals surface area (Å²) in [6, 6.07) is 10.9. The van der Waals surface area contributed by atoms with E-state index in [0.717, 1.165) is 37.9 Å². The van der Waals surface area contributed by atoms with Gasteiger partial charge in [0.2, 0.25) is 11.9 Å². The van der Waals surface area contributed by atoms with Crippen molar-refractivity contribution in [2.24, 2.45) is 5.92 Å². The van der Waals surface area contributed by atoms with Crippen LogP contribution in [0.15, 0.2) is 42.6 Å². The van der Waals surface area contributed by atoms with Crippen LogP contribution in [0.3, 0.4) is 0 Å². The molecule has 0 bridgehead atoms. The fourth-order valence-electron chi connectivity index (χ4n) is 4.28.